The van der Waals surface area contributed by atoms with Crippen molar-refractivity contribution < 1.29 is 4.39 Å². The monoisotopic (exact) mass is 275 g/mol. The van der Waals surface area contributed by atoms with Gasteiger partial charge in [-0.25, -0.2) is 4.39 Å². The normalized spacial score (nSPS) is 29.9. The molecular weight excluding hydrogens is 249 g/mol. The number of rotatable bonds is 5. The number of hydrogen-bond donors (Lipinski definition) is 1. The zero-order chi connectivity index (χ0) is 14.1. The van der Waals surface area contributed by atoms with Crippen LogP contribution in [-0.2, 0) is 0 Å². The minimum absolute atomic E-state index is 0.0710. The number of aryl methyl sites for hydroxylation is 1. The van der Waals surface area contributed by atoms with Crippen LogP contribution in [0.15, 0.2) is 18.2 Å². The minimum atomic E-state index is -0.0710. The first kappa shape index (κ1) is 14.1. The Morgan fingerprint density at radius 2 is 2.15 bits per heavy atom. The first-order valence-electron chi connectivity index (χ1n) is 8.16. The molecule has 20 heavy (non-hydrogen) atoms. The molecule has 0 saturated heterocycles. The molecule has 2 aliphatic carbocycles. The van der Waals surface area contributed by atoms with E-state index in [1.165, 1.54) is 32.1 Å². The predicted octanol–water partition coefficient (Wildman–Crippen LogP) is 4.61. The zero-order valence-electron chi connectivity index (χ0n) is 12.7. The third-order valence-electron chi connectivity index (χ3n) is 5.47. The van der Waals surface area contributed by atoms with E-state index >= 15 is 0 Å². The molecule has 2 aliphatic rings. The Labute approximate surface area is 122 Å². The van der Waals surface area contributed by atoms with Crippen molar-refractivity contribution in [3.05, 3.63) is 35.1 Å². The molecule has 110 valence electrons. The van der Waals surface area contributed by atoms with Crippen molar-refractivity contribution >= 4 is 0 Å². The molecule has 1 nitrogen and oxygen atoms in total. The van der Waals surface area contributed by atoms with Gasteiger partial charge in [0.15, 0.2) is 0 Å². The fourth-order valence-electron chi connectivity index (χ4n) is 4.38. The summed E-state index contributed by atoms with van der Waals surface area (Å²) >= 11 is 0. The van der Waals surface area contributed by atoms with Gasteiger partial charge in [0.2, 0.25) is 0 Å². The lowest BCUT2D eigenvalue weighted by Gasteiger charge is -2.27. The van der Waals surface area contributed by atoms with E-state index in [0.29, 0.717) is 6.04 Å². The Kier molecular flexibility index (Phi) is 4.11. The van der Waals surface area contributed by atoms with Crippen molar-refractivity contribution in [3.63, 3.8) is 0 Å². The highest BCUT2D eigenvalue weighted by molar-refractivity contribution is 5.26. The summed E-state index contributed by atoms with van der Waals surface area (Å²) in [4.78, 5) is 0. The van der Waals surface area contributed by atoms with Crippen molar-refractivity contribution in [2.45, 2.75) is 52.0 Å². The van der Waals surface area contributed by atoms with Gasteiger partial charge in [-0.1, -0.05) is 25.5 Å². The molecule has 4 unspecified atom stereocenters. The minimum Gasteiger partial charge on any atom is -0.310 e. The van der Waals surface area contributed by atoms with Gasteiger partial charge in [-0.15, -0.1) is 0 Å². The van der Waals surface area contributed by atoms with Crippen molar-refractivity contribution in [2.75, 3.05) is 6.54 Å². The molecular formula is C18H26FN. The summed E-state index contributed by atoms with van der Waals surface area (Å²) in [6.07, 6.45) is 6.91. The molecule has 0 heterocycles. The fourth-order valence-corrected chi connectivity index (χ4v) is 4.38. The summed E-state index contributed by atoms with van der Waals surface area (Å²) in [5, 5.41) is 3.57. The lowest BCUT2D eigenvalue weighted by atomic mass is 9.82. The number of fused-ring (bicyclic) bond motifs is 2. The summed E-state index contributed by atoms with van der Waals surface area (Å²) in [7, 11) is 0. The van der Waals surface area contributed by atoms with Gasteiger partial charge in [0.05, 0.1) is 0 Å². The quantitative estimate of drug-likeness (QED) is 0.827. The summed E-state index contributed by atoms with van der Waals surface area (Å²) in [6.45, 7) is 4.91. The van der Waals surface area contributed by atoms with E-state index in [-0.39, 0.29) is 5.82 Å². The van der Waals surface area contributed by atoms with E-state index in [9.17, 15) is 4.39 Å². The third-order valence-corrected chi connectivity index (χ3v) is 5.47. The summed E-state index contributed by atoms with van der Waals surface area (Å²) in [5.41, 5.74) is 1.86. The Balaban J connectivity index is 1.73. The van der Waals surface area contributed by atoms with E-state index in [4.69, 9.17) is 0 Å². The van der Waals surface area contributed by atoms with Crippen molar-refractivity contribution in [3.8, 4) is 0 Å². The van der Waals surface area contributed by atoms with Crippen LogP contribution >= 0.6 is 0 Å². The number of nitrogens with one attached hydrogen (secondary N) is 1. The Morgan fingerprint density at radius 1 is 1.30 bits per heavy atom. The second-order valence-corrected chi connectivity index (χ2v) is 6.79. The van der Waals surface area contributed by atoms with Crippen LogP contribution in [0.2, 0.25) is 0 Å². The van der Waals surface area contributed by atoms with Gasteiger partial charge in [0, 0.05) is 6.04 Å². The van der Waals surface area contributed by atoms with Gasteiger partial charge in [0.25, 0.3) is 0 Å². The van der Waals surface area contributed by atoms with Crippen molar-refractivity contribution in [1.82, 2.24) is 5.32 Å². The first-order chi connectivity index (χ1) is 9.67. The molecule has 4 atom stereocenters. The van der Waals surface area contributed by atoms with E-state index < -0.39 is 0 Å². The average Bonchev–Trinajstić information content (AvgIpc) is 3.04. The number of halogens is 1. The zero-order valence-corrected chi connectivity index (χ0v) is 12.7. The van der Waals surface area contributed by atoms with Gasteiger partial charge in [0.1, 0.15) is 5.82 Å². The van der Waals surface area contributed by atoms with Crippen LogP contribution in [0.1, 0.15) is 56.2 Å². The van der Waals surface area contributed by atoms with Crippen LogP contribution in [0, 0.1) is 30.5 Å². The molecule has 1 aromatic carbocycles. The summed E-state index contributed by atoms with van der Waals surface area (Å²) < 4.78 is 13.8. The summed E-state index contributed by atoms with van der Waals surface area (Å²) in [5.74, 6) is 2.71. The maximum Gasteiger partial charge on any atom is 0.126 e. The van der Waals surface area contributed by atoms with Crippen LogP contribution < -0.4 is 5.32 Å². The Morgan fingerprint density at radius 3 is 2.75 bits per heavy atom. The van der Waals surface area contributed by atoms with E-state index in [1.807, 2.05) is 13.0 Å². The van der Waals surface area contributed by atoms with Gasteiger partial charge in [-0.2, -0.15) is 0 Å². The number of hydrogen-bond acceptors (Lipinski definition) is 1. The third kappa shape index (κ3) is 2.76. The van der Waals surface area contributed by atoms with Crippen LogP contribution in [0.5, 0.6) is 0 Å². The standard InChI is InChI=1S/C18H26FN/c1-3-20-18(15-6-4-12(2)17(19)10-15)11-16-9-13-5-7-14(16)8-13/h4,6,10,13-14,16,18,20H,3,5,7-9,11H2,1-2H3. The Hall–Kier alpha value is -0.890. The van der Waals surface area contributed by atoms with Gasteiger partial charge >= 0.3 is 0 Å². The predicted molar refractivity (Wildman–Crippen MR) is 81.1 cm³/mol. The molecule has 0 aliphatic heterocycles. The maximum absolute atomic E-state index is 13.8. The molecule has 2 fully saturated rings. The van der Waals surface area contributed by atoms with E-state index in [0.717, 1.165) is 35.4 Å². The van der Waals surface area contributed by atoms with Gasteiger partial charge in [-0.3, -0.25) is 0 Å². The highest BCUT2D eigenvalue weighted by atomic mass is 19.1. The number of benzene rings is 1. The van der Waals surface area contributed by atoms with Crippen LogP contribution in [0.3, 0.4) is 0 Å². The topological polar surface area (TPSA) is 12.0 Å². The largest absolute Gasteiger partial charge is 0.310 e. The lowest BCUT2D eigenvalue weighted by molar-refractivity contribution is 0.280. The average molecular weight is 275 g/mol. The molecule has 0 radical (unpaired) electrons. The van der Waals surface area contributed by atoms with Gasteiger partial charge in [-0.05, 0) is 74.1 Å². The molecule has 0 aromatic heterocycles. The van der Waals surface area contributed by atoms with Crippen molar-refractivity contribution in [1.29, 1.82) is 0 Å². The van der Waals surface area contributed by atoms with Gasteiger partial charge < -0.3 is 5.32 Å². The van der Waals surface area contributed by atoms with E-state index in [1.54, 1.807) is 6.07 Å². The molecule has 1 aromatic rings. The SMILES string of the molecule is CCNC(CC1CC2CCC1C2)c1ccc(C)c(F)c1. The Bertz CT molecular complexity index is 470. The molecule has 0 amide bonds. The fraction of sp³-hybridized carbons (Fsp3) is 0.667. The smallest absolute Gasteiger partial charge is 0.126 e. The molecule has 2 heteroatoms. The molecule has 1 N–H and O–H groups in total. The maximum atomic E-state index is 13.8. The molecule has 0 spiro atoms. The highest BCUT2D eigenvalue weighted by Gasteiger charge is 2.40. The lowest BCUT2D eigenvalue weighted by Crippen LogP contribution is -2.25. The first-order valence-corrected chi connectivity index (χ1v) is 8.16. The van der Waals surface area contributed by atoms with E-state index in [2.05, 4.69) is 18.3 Å². The molecule has 2 saturated carbocycles. The van der Waals surface area contributed by atoms with Crippen molar-refractivity contribution in [2.24, 2.45) is 17.8 Å². The summed E-state index contributed by atoms with van der Waals surface area (Å²) in [6, 6.07) is 6.06. The second kappa shape index (κ2) is 5.85. The molecule has 2 bridgehead atoms. The second-order valence-electron chi connectivity index (χ2n) is 6.79. The molecule has 3 rings (SSSR count). The highest BCUT2D eigenvalue weighted by Crippen LogP contribution is 2.50. The van der Waals surface area contributed by atoms with Crippen LogP contribution in [0.25, 0.3) is 0 Å². The van der Waals surface area contributed by atoms with Crippen LogP contribution in [-0.4, -0.2) is 6.54 Å². The van der Waals surface area contributed by atoms with Crippen LogP contribution in [0.4, 0.5) is 4.39 Å².